The van der Waals surface area contributed by atoms with Gasteiger partial charge in [0.1, 0.15) is 5.82 Å². The van der Waals surface area contributed by atoms with Gasteiger partial charge in [-0.15, -0.1) is 0 Å². The lowest BCUT2D eigenvalue weighted by Crippen LogP contribution is -2.18. The van der Waals surface area contributed by atoms with Gasteiger partial charge in [-0.3, -0.25) is 0 Å². The first-order chi connectivity index (χ1) is 9.29. The molecule has 2 N–H and O–H groups in total. The molecule has 3 nitrogen and oxygen atoms in total. The zero-order valence-electron chi connectivity index (χ0n) is 11.2. The maximum atomic E-state index is 5.74. The highest BCUT2D eigenvalue weighted by Gasteiger charge is 2.29. The molecule has 0 radical (unpaired) electrons. The number of aryl methyl sites for hydroxylation is 1. The van der Waals surface area contributed by atoms with E-state index in [1.165, 1.54) is 16.8 Å². The lowest BCUT2D eigenvalue weighted by atomic mass is 9.98. The number of anilines is 2. The zero-order valence-corrected chi connectivity index (χ0v) is 11.2. The Morgan fingerprint density at radius 1 is 1.32 bits per heavy atom. The number of nitrogens with zero attached hydrogens (tertiary/aromatic N) is 2. The second-order valence-corrected chi connectivity index (χ2v) is 5.14. The molecular formula is C16H19N3. The van der Waals surface area contributed by atoms with Gasteiger partial charge in [-0.25, -0.2) is 4.98 Å². The minimum atomic E-state index is 0.517. The third-order valence-corrected chi connectivity index (χ3v) is 3.76. The first-order valence-electron chi connectivity index (χ1n) is 6.79. The second kappa shape index (κ2) is 5.02. The van der Waals surface area contributed by atoms with Crippen molar-refractivity contribution in [1.82, 2.24) is 4.98 Å². The molecule has 0 saturated carbocycles. The summed E-state index contributed by atoms with van der Waals surface area (Å²) in [5, 5.41) is 0. The van der Waals surface area contributed by atoms with Crippen LogP contribution >= 0.6 is 0 Å². The summed E-state index contributed by atoms with van der Waals surface area (Å²) < 4.78 is 0. The fourth-order valence-corrected chi connectivity index (χ4v) is 2.83. The van der Waals surface area contributed by atoms with Crippen molar-refractivity contribution in [3.63, 3.8) is 0 Å². The highest BCUT2D eigenvalue weighted by atomic mass is 15.2. The molecule has 2 heterocycles. The van der Waals surface area contributed by atoms with E-state index in [9.17, 15) is 0 Å². The number of hydrogen-bond donors (Lipinski definition) is 1. The van der Waals surface area contributed by atoms with Crippen LogP contribution in [-0.2, 0) is 0 Å². The molecule has 1 aliphatic rings. The Hall–Kier alpha value is -1.87. The van der Waals surface area contributed by atoms with Gasteiger partial charge in [0.05, 0.1) is 0 Å². The third kappa shape index (κ3) is 2.22. The fourth-order valence-electron chi connectivity index (χ4n) is 2.83. The molecule has 1 atom stereocenters. The number of pyridine rings is 1. The van der Waals surface area contributed by atoms with E-state index in [0.29, 0.717) is 5.92 Å². The molecule has 0 amide bonds. The van der Waals surface area contributed by atoms with E-state index < -0.39 is 0 Å². The van der Waals surface area contributed by atoms with Crippen molar-refractivity contribution < 1.29 is 0 Å². The third-order valence-electron chi connectivity index (χ3n) is 3.76. The van der Waals surface area contributed by atoms with Gasteiger partial charge in [-0.1, -0.05) is 18.2 Å². The number of hydrogen-bond acceptors (Lipinski definition) is 3. The van der Waals surface area contributed by atoms with E-state index in [-0.39, 0.29) is 0 Å². The maximum Gasteiger partial charge on any atom is 0.133 e. The van der Waals surface area contributed by atoms with Gasteiger partial charge in [0.25, 0.3) is 0 Å². The molecule has 0 spiro atoms. The van der Waals surface area contributed by atoms with Gasteiger partial charge in [-0.2, -0.15) is 0 Å². The van der Waals surface area contributed by atoms with Crippen molar-refractivity contribution in [2.45, 2.75) is 19.3 Å². The van der Waals surface area contributed by atoms with Crippen molar-refractivity contribution in [2.75, 3.05) is 18.0 Å². The van der Waals surface area contributed by atoms with Crippen molar-refractivity contribution >= 4 is 11.5 Å². The van der Waals surface area contributed by atoms with Gasteiger partial charge in [0, 0.05) is 24.3 Å². The summed E-state index contributed by atoms with van der Waals surface area (Å²) in [7, 11) is 0. The molecule has 0 bridgehead atoms. The van der Waals surface area contributed by atoms with Crippen molar-refractivity contribution in [2.24, 2.45) is 5.73 Å². The van der Waals surface area contributed by atoms with Crippen LogP contribution < -0.4 is 10.6 Å². The largest absolute Gasteiger partial charge is 0.330 e. The Morgan fingerprint density at radius 2 is 2.16 bits per heavy atom. The smallest absolute Gasteiger partial charge is 0.133 e. The molecule has 98 valence electrons. The van der Waals surface area contributed by atoms with E-state index in [2.05, 4.69) is 47.1 Å². The van der Waals surface area contributed by atoms with Gasteiger partial charge in [0.2, 0.25) is 0 Å². The maximum absolute atomic E-state index is 5.74. The molecule has 0 aliphatic carbocycles. The summed E-state index contributed by atoms with van der Waals surface area (Å²) in [5.41, 5.74) is 9.66. The second-order valence-electron chi connectivity index (χ2n) is 5.14. The topological polar surface area (TPSA) is 42.2 Å². The average Bonchev–Trinajstić information content (AvgIpc) is 2.79. The predicted octanol–water partition coefficient (Wildman–Crippen LogP) is 2.97. The standard InChI is InChI=1S/C16H19N3/c1-12-7-9-18-16(10-12)19-11-13(6-8-17)14-4-2-3-5-15(14)19/h2-5,7,9-10,13H,6,8,11,17H2,1H3. The Bertz CT molecular complexity index is 580. The highest BCUT2D eigenvalue weighted by Crippen LogP contribution is 2.41. The van der Waals surface area contributed by atoms with E-state index in [4.69, 9.17) is 5.73 Å². The molecule has 1 aromatic heterocycles. The van der Waals surface area contributed by atoms with Crippen LogP contribution in [0.3, 0.4) is 0 Å². The molecule has 0 fully saturated rings. The van der Waals surface area contributed by atoms with E-state index in [1.807, 2.05) is 12.3 Å². The number of aromatic nitrogens is 1. The Labute approximate surface area is 114 Å². The molecule has 2 aromatic rings. The number of benzene rings is 1. The number of para-hydroxylation sites is 1. The first kappa shape index (κ1) is 12.2. The summed E-state index contributed by atoms with van der Waals surface area (Å²) in [4.78, 5) is 6.82. The number of fused-ring (bicyclic) bond motifs is 1. The van der Waals surface area contributed by atoms with E-state index >= 15 is 0 Å². The first-order valence-corrected chi connectivity index (χ1v) is 6.79. The number of rotatable bonds is 3. The quantitative estimate of drug-likeness (QED) is 0.914. The van der Waals surface area contributed by atoms with Gasteiger partial charge in [-0.05, 0) is 49.2 Å². The molecule has 19 heavy (non-hydrogen) atoms. The summed E-state index contributed by atoms with van der Waals surface area (Å²) in [5.74, 6) is 1.55. The Kier molecular flexibility index (Phi) is 3.22. The fraction of sp³-hybridized carbons (Fsp3) is 0.312. The van der Waals surface area contributed by atoms with Crippen molar-refractivity contribution in [1.29, 1.82) is 0 Å². The van der Waals surface area contributed by atoms with Crippen LogP contribution in [0.2, 0.25) is 0 Å². The Morgan fingerprint density at radius 3 is 2.95 bits per heavy atom. The van der Waals surface area contributed by atoms with Crippen LogP contribution in [0.1, 0.15) is 23.5 Å². The van der Waals surface area contributed by atoms with Crippen LogP contribution in [0.15, 0.2) is 42.6 Å². The van der Waals surface area contributed by atoms with Crippen molar-refractivity contribution in [3.8, 4) is 0 Å². The summed E-state index contributed by atoms with van der Waals surface area (Å²) in [6.45, 7) is 3.81. The summed E-state index contributed by atoms with van der Waals surface area (Å²) >= 11 is 0. The SMILES string of the molecule is Cc1ccnc(N2CC(CCN)c3ccccc32)c1. The van der Waals surface area contributed by atoms with Crippen LogP contribution in [-0.4, -0.2) is 18.1 Å². The zero-order chi connectivity index (χ0) is 13.2. The molecule has 1 aromatic carbocycles. The molecular weight excluding hydrogens is 234 g/mol. The lowest BCUT2D eigenvalue weighted by Gasteiger charge is -2.19. The average molecular weight is 253 g/mol. The monoisotopic (exact) mass is 253 g/mol. The van der Waals surface area contributed by atoms with Crippen LogP contribution in [0, 0.1) is 6.92 Å². The summed E-state index contributed by atoms with van der Waals surface area (Å²) in [6.07, 6.45) is 2.91. The molecule has 1 unspecified atom stereocenters. The molecule has 0 saturated heterocycles. The minimum absolute atomic E-state index is 0.517. The predicted molar refractivity (Wildman–Crippen MR) is 78.8 cm³/mol. The molecule has 3 heteroatoms. The Balaban J connectivity index is 2.00. The van der Waals surface area contributed by atoms with Crippen LogP contribution in [0.25, 0.3) is 0 Å². The van der Waals surface area contributed by atoms with Gasteiger partial charge >= 0.3 is 0 Å². The molecule has 3 rings (SSSR count). The van der Waals surface area contributed by atoms with Gasteiger partial charge in [0.15, 0.2) is 0 Å². The van der Waals surface area contributed by atoms with Crippen molar-refractivity contribution in [3.05, 3.63) is 53.7 Å². The van der Waals surface area contributed by atoms with E-state index in [1.54, 1.807) is 0 Å². The minimum Gasteiger partial charge on any atom is -0.330 e. The van der Waals surface area contributed by atoms with Crippen LogP contribution in [0.5, 0.6) is 0 Å². The van der Waals surface area contributed by atoms with E-state index in [0.717, 1.165) is 25.3 Å². The lowest BCUT2D eigenvalue weighted by molar-refractivity contribution is 0.667. The van der Waals surface area contributed by atoms with Crippen LogP contribution in [0.4, 0.5) is 11.5 Å². The summed E-state index contributed by atoms with van der Waals surface area (Å²) in [6, 6.07) is 12.8. The number of nitrogens with two attached hydrogens (primary N) is 1. The normalized spacial score (nSPS) is 17.6. The van der Waals surface area contributed by atoms with Gasteiger partial charge < -0.3 is 10.6 Å². The molecule has 1 aliphatic heterocycles. The highest BCUT2D eigenvalue weighted by molar-refractivity contribution is 5.69.